The number of anilines is 1. The number of nitrogens with zero attached hydrogens (tertiary/aromatic N) is 2. The van der Waals surface area contributed by atoms with Crippen molar-refractivity contribution in [2.24, 2.45) is 16.8 Å². The first-order valence-corrected chi connectivity index (χ1v) is 10.6. The summed E-state index contributed by atoms with van der Waals surface area (Å²) in [5.41, 5.74) is 0.993. The van der Waals surface area contributed by atoms with E-state index in [2.05, 4.69) is 15.3 Å². The maximum Gasteiger partial charge on any atom is 0.254 e. The van der Waals surface area contributed by atoms with E-state index in [1.165, 1.54) is 23.8 Å². The van der Waals surface area contributed by atoms with E-state index >= 15 is 0 Å². The molecule has 8 nitrogen and oxygen atoms in total. The summed E-state index contributed by atoms with van der Waals surface area (Å²) in [4.78, 5) is 35.1. The average Bonchev–Trinajstić information content (AvgIpc) is 3.53. The molecule has 3 aliphatic heterocycles. The molecule has 30 heavy (non-hydrogen) atoms. The molecule has 2 aromatic heterocycles. The number of fused-ring (bicyclic) bond motifs is 1. The minimum atomic E-state index is -0.289. The number of carbonyl (C=O) groups excluding carboxylic acids is 2. The minimum absolute atomic E-state index is 0.0158. The molecule has 1 unspecified atom stereocenters. The van der Waals surface area contributed by atoms with Gasteiger partial charge in [-0.2, -0.15) is 0 Å². The Kier molecular flexibility index (Phi) is 5.06. The fourth-order valence-corrected chi connectivity index (χ4v) is 4.67. The second-order valence-electron chi connectivity index (χ2n) is 7.26. The van der Waals surface area contributed by atoms with Crippen LogP contribution in [0.2, 0.25) is 0 Å². The minimum Gasteiger partial charge on any atom is -0.463 e. The molecule has 9 heteroatoms. The first-order chi connectivity index (χ1) is 14.7. The Morgan fingerprint density at radius 3 is 2.90 bits per heavy atom. The number of Topliss-reactive ketones (excluding diaryl/α,β-unsaturated/α-hetero) is 1. The summed E-state index contributed by atoms with van der Waals surface area (Å²) >= 11 is 1.18. The number of aliphatic imine (C=N–C) groups is 1. The van der Waals surface area contributed by atoms with Gasteiger partial charge in [-0.25, -0.2) is 9.98 Å². The number of ether oxygens (including phenoxy) is 2. The maximum atomic E-state index is 13.2. The molecule has 0 radical (unpaired) electrons. The zero-order chi connectivity index (χ0) is 20.5. The highest BCUT2D eigenvalue weighted by molar-refractivity contribution is 7.18. The Hall–Kier alpha value is -3.04. The van der Waals surface area contributed by atoms with Crippen LogP contribution >= 0.6 is 11.3 Å². The summed E-state index contributed by atoms with van der Waals surface area (Å²) in [5, 5.41) is 3.18. The molecule has 0 spiro atoms. The Bertz CT molecular complexity index is 1060. The van der Waals surface area contributed by atoms with Crippen LogP contribution in [-0.2, 0) is 14.3 Å². The molecule has 1 amide bonds. The number of hydrogen-bond acceptors (Lipinski definition) is 8. The average molecular weight is 425 g/mol. The molecule has 5 rings (SSSR count). The Morgan fingerprint density at radius 2 is 2.10 bits per heavy atom. The zero-order valence-corrected chi connectivity index (χ0v) is 16.8. The smallest absolute Gasteiger partial charge is 0.254 e. The Balaban J connectivity index is 1.39. The SMILES string of the molecule is O=C(Nc1nc(-c2ccco2)c(C(=O)C2CCOCC2)s1)C1=CN=C2OC=CC2C1. The van der Waals surface area contributed by atoms with Gasteiger partial charge in [0.25, 0.3) is 5.91 Å². The third kappa shape index (κ3) is 3.61. The van der Waals surface area contributed by atoms with E-state index < -0.39 is 0 Å². The predicted molar refractivity (Wildman–Crippen MR) is 110 cm³/mol. The highest BCUT2D eigenvalue weighted by Crippen LogP contribution is 2.35. The number of rotatable bonds is 5. The van der Waals surface area contributed by atoms with Gasteiger partial charge in [0.05, 0.1) is 18.4 Å². The van der Waals surface area contributed by atoms with Crippen LogP contribution in [-0.4, -0.2) is 35.8 Å². The molecule has 1 saturated heterocycles. The third-order valence-electron chi connectivity index (χ3n) is 5.31. The first-order valence-electron chi connectivity index (χ1n) is 9.77. The van der Waals surface area contributed by atoms with Crippen molar-refractivity contribution in [1.29, 1.82) is 0 Å². The van der Waals surface area contributed by atoms with Crippen LogP contribution in [0.4, 0.5) is 5.13 Å². The number of nitrogens with one attached hydrogen (secondary N) is 1. The molecule has 1 N–H and O–H groups in total. The zero-order valence-electron chi connectivity index (χ0n) is 16.0. The fourth-order valence-electron chi connectivity index (χ4n) is 3.68. The lowest BCUT2D eigenvalue weighted by atomic mass is 9.94. The number of carbonyl (C=O) groups is 2. The van der Waals surface area contributed by atoms with Gasteiger partial charge >= 0.3 is 0 Å². The molecule has 0 bridgehead atoms. The molecule has 0 aliphatic carbocycles. The second-order valence-corrected chi connectivity index (χ2v) is 8.26. The summed E-state index contributed by atoms with van der Waals surface area (Å²) in [6.07, 6.45) is 8.38. The van der Waals surface area contributed by atoms with Gasteiger partial charge < -0.3 is 13.9 Å². The first kappa shape index (κ1) is 19.0. The Labute approximate surface area is 176 Å². The van der Waals surface area contributed by atoms with E-state index in [0.29, 0.717) is 65.4 Å². The van der Waals surface area contributed by atoms with E-state index in [-0.39, 0.29) is 23.5 Å². The molecule has 0 saturated carbocycles. The van der Waals surface area contributed by atoms with Crippen LogP contribution in [0.15, 0.2) is 51.9 Å². The quantitative estimate of drug-likeness (QED) is 0.731. The molecular weight excluding hydrogens is 406 g/mol. The highest BCUT2D eigenvalue weighted by Gasteiger charge is 2.30. The lowest BCUT2D eigenvalue weighted by Crippen LogP contribution is -2.23. The second kappa shape index (κ2) is 8.00. The lowest BCUT2D eigenvalue weighted by molar-refractivity contribution is -0.113. The summed E-state index contributed by atoms with van der Waals surface area (Å²) in [6, 6.07) is 3.50. The molecule has 5 heterocycles. The van der Waals surface area contributed by atoms with Gasteiger partial charge in [-0.3, -0.25) is 14.9 Å². The van der Waals surface area contributed by atoms with Crippen LogP contribution in [0.5, 0.6) is 0 Å². The normalized spacial score (nSPS) is 20.9. The van der Waals surface area contributed by atoms with Gasteiger partial charge in [0.2, 0.25) is 5.90 Å². The lowest BCUT2D eigenvalue weighted by Gasteiger charge is -2.20. The number of ketones is 1. The Morgan fingerprint density at radius 1 is 1.23 bits per heavy atom. The van der Waals surface area contributed by atoms with Crippen molar-refractivity contribution in [1.82, 2.24) is 4.98 Å². The standard InChI is InChI=1S/C21H19N3O5S/c25-17(12-3-7-27-8-4-12)18-16(15-2-1-6-28-15)23-21(30-18)24-19(26)14-10-13-5-9-29-20(13)22-11-14/h1-2,5-6,9,11-13H,3-4,7-8,10H2,(H,23,24,26). The van der Waals surface area contributed by atoms with Crippen LogP contribution in [0.25, 0.3) is 11.5 Å². The van der Waals surface area contributed by atoms with Gasteiger partial charge in [-0.05, 0) is 37.5 Å². The molecule has 2 aromatic rings. The van der Waals surface area contributed by atoms with Crippen molar-refractivity contribution in [3.8, 4) is 11.5 Å². The van der Waals surface area contributed by atoms with E-state index in [1.807, 2.05) is 6.08 Å². The van der Waals surface area contributed by atoms with Crippen LogP contribution < -0.4 is 5.32 Å². The number of aromatic nitrogens is 1. The maximum absolute atomic E-state index is 13.2. The van der Waals surface area contributed by atoms with Crippen molar-refractivity contribution in [2.45, 2.75) is 19.3 Å². The van der Waals surface area contributed by atoms with Gasteiger partial charge in [0.15, 0.2) is 16.7 Å². The molecule has 1 fully saturated rings. The van der Waals surface area contributed by atoms with Gasteiger partial charge in [-0.15, -0.1) is 0 Å². The summed E-state index contributed by atoms with van der Waals surface area (Å²) in [5.74, 6) is 0.701. The monoisotopic (exact) mass is 425 g/mol. The van der Waals surface area contributed by atoms with E-state index in [4.69, 9.17) is 13.9 Å². The van der Waals surface area contributed by atoms with E-state index in [1.54, 1.807) is 18.4 Å². The van der Waals surface area contributed by atoms with Gasteiger partial charge in [0, 0.05) is 30.9 Å². The number of hydrogen-bond donors (Lipinski definition) is 1. The predicted octanol–water partition coefficient (Wildman–Crippen LogP) is 3.80. The number of furan rings is 1. The summed E-state index contributed by atoms with van der Waals surface area (Å²) < 4.78 is 16.1. The van der Waals surface area contributed by atoms with Crippen LogP contribution in [0, 0.1) is 11.8 Å². The van der Waals surface area contributed by atoms with E-state index in [0.717, 1.165) is 0 Å². The number of thiazole rings is 1. The fraction of sp³-hybridized carbons (Fsp3) is 0.333. The van der Waals surface area contributed by atoms with Crippen molar-refractivity contribution in [2.75, 3.05) is 18.5 Å². The summed E-state index contributed by atoms with van der Waals surface area (Å²) in [7, 11) is 0. The topological polar surface area (TPSA) is 103 Å². The molecular formula is C21H19N3O5S. The van der Waals surface area contributed by atoms with Crippen molar-refractivity contribution in [3.63, 3.8) is 0 Å². The van der Waals surface area contributed by atoms with Gasteiger partial charge in [-0.1, -0.05) is 11.3 Å². The molecule has 3 aliphatic rings. The van der Waals surface area contributed by atoms with Gasteiger partial charge in [0.1, 0.15) is 10.6 Å². The van der Waals surface area contributed by atoms with Crippen LogP contribution in [0.3, 0.4) is 0 Å². The van der Waals surface area contributed by atoms with E-state index in [9.17, 15) is 9.59 Å². The molecule has 154 valence electrons. The third-order valence-corrected chi connectivity index (χ3v) is 6.30. The highest BCUT2D eigenvalue weighted by atomic mass is 32.1. The summed E-state index contributed by atoms with van der Waals surface area (Å²) in [6.45, 7) is 1.15. The van der Waals surface area contributed by atoms with Crippen LogP contribution in [0.1, 0.15) is 28.9 Å². The molecule has 1 atom stereocenters. The van der Waals surface area contributed by atoms with Crippen molar-refractivity contribution < 1.29 is 23.5 Å². The number of amides is 1. The van der Waals surface area contributed by atoms with Crippen molar-refractivity contribution in [3.05, 3.63) is 47.4 Å². The van der Waals surface area contributed by atoms with Crippen molar-refractivity contribution >= 4 is 34.1 Å². The molecule has 0 aromatic carbocycles. The largest absolute Gasteiger partial charge is 0.463 e.